The highest BCUT2D eigenvalue weighted by atomic mass is 19.1. The minimum atomic E-state index is -0.368. The van der Waals surface area contributed by atoms with E-state index < -0.39 is 0 Å². The predicted octanol–water partition coefficient (Wildman–Crippen LogP) is 4.95. The van der Waals surface area contributed by atoms with Gasteiger partial charge in [-0.25, -0.2) is 4.39 Å². The molecule has 5 heteroatoms. The van der Waals surface area contributed by atoms with Crippen LogP contribution in [0.1, 0.15) is 31.8 Å². The molecule has 0 aliphatic carbocycles. The molecule has 3 rings (SSSR count). The number of nitrogens with one attached hydrogen (secondary N) is 2. The van der Waals surface area contributed by atoms with Crippen LogP contribution in [0.2, 0.25) is 0 Å². The molecule has 0 saturated heterocycles. The molecule has 0 fully saturated rings. The molecule has 0 atom stereocenters. The van der Waals surface area contributed by atoms with Crippen LogP contribution in [0.15, 0.2) is 66.7 Å². The molecular formula is C22H19FN2O2. The largest absolute Gasteiger partial charge is 0.322 e. The van der Waals surface area contributed by atoms with Crippen LogP contribution in [0.3, 0.4) is 0 Å². The molecular weight excluding hydrogens is 343 g/mol. The molecule has 3 aromatic rings. The Kier molecular flexibility index (Phi) is 5.31. The van der Waals surface area contributed by atoms with Crippen molar-refractivity contribution >= 4 is 23.2 Å². The van der Waals surface area contributed by atoms with Crippen molar-refractivity contribution in [1.82, 2.24) is 0 Å². The molecule has 27 heavy (non-hydrogen) atoms. The van der Waals surface area contributed by atoms with E-state index in [9.17, 15) is 14.0 Å². The summed E-state index contributed by atoms with van der Waals surface area (Å²) in [6, 6.07) is 17.7. The summed E-state index contributed by atoms with van der Waals surface area (Å²) in [5, 5.41) is 5.54. The van der Waals surface area contributed by atoms with E-state index in [1.54, 1.807) is 24.3 Å². The highest BCUT2D eigenvalue weighted by Gasteiger charge is 2.10. The Morgan fingerprint density at radius 1 is 0.667 bits per heavy atom. The first-order chi connectivity index (χ1) is 12.9. The lowest BCUT2D eigenvalue weighted by Gasteiger charge is -2.09. The average molecular weight is 362 g/mol. The summed E-state index contributed by atoms with van der Waals surface area (Å²) in [5.74, 6) is -0.944. The molecule has 0 spiro atoms. The van der Waals surface area contributed by atoms with Crippen LogP contribution in [0.5, 0.6) is 0 Å². The average Bonchev–Trinajstić information content (AvgIpc) is 2.63. The smallest absolute Gasteiger partial charge is 0.255 e. The van der Waals surface area contributed by atoms with E-state index in [0.717, 1.165) is 16.8 Å². The van der Waals surface area contributed by atoms with Gasteiger partial charge >= 0.3 is 0 Å². The second-order valence-corrected chi connectivity index (χ2v) is 6.37. The Labute approximate surface area is 157 Å². The van der Waals surface area contributed by atoms with Gasteiger partial charge in [0.15, 0.2) is 0 Å². The Bertz CT molecular complexity index is 960. The number of carbonyl (C=O) groups is 2. The van der Waals surface area contributed by atoms with Crippen molar-refractivity contribution in [3.05, 3.63) is 94.8 Å². The Hall–Kier alpha value is -3.47. The number of aryl methyl sites for hydroxylation is 2. The van der Waals surface area contributed by atoms with E-state index in [-0.39, 0.29) is 17.6 Å². The number of hydrogen-bond donors (Lipinski definition) is 2. The normalized spacial score (nSPS) is 10.3. The number of hydrogen-bond acceptors (Lipinski definition) is 2. The fourth-order valence-corrected chi connectivity index (χ4v) is 2.76. The summed E-state index contributed by atoms with van der Waals surface area (Å²) in [4.78, 5) is 24.6. The molecule has 4 nitrogen and oxygen atoms in total. The number of carbonyl (C=O) groups excluding carboxylic acids is 2. The number of benzene rings is 3. The molecule has 0 radical (unpaired) electrons. The zero-order valence-electron chi connectivity index (χ0n) is 15.0. The molecule has 136 valence electrons. The molecule has 2 N–H and O–H groups in total. The molecule has 0 aliphatic heterocycles. The van der Waals surface area contributed by atoms with Crippen molar-refractivity contribution in [3.63, 3.8) is 0 Å². The zero-order chi connectivity index (χ0) is 19.4. The van der Waals surface area contributed by atoms with E-state index in [4.69, 9.17) is 0 Å². The quantitative estimate of drug-likeness (QED) is 0.690. The van der Waals surface area contributed by atoms with Crippen molar-refractivity contribution in [2.24, 2.45) is 0 Å². The monoisotopic (exact) mass is 362 g/mol. The van der Waals surface area contributed by atoms with Crippen LogP contribution in [-0.2, 0) is 0 Å². The van der Waals surface area contributed by atoms with Gasteiger partial charge in [0, 0.05) is 22.5 Å². The van der Waals surface area contributed by atoms with E-state index in [0.29, 0.717) is 16.8 Å². The first-order valence-corrected chi connectivity index (χ1v) is 8.47. The van der Waals surface area contributed by atoms with Gasteiger partial charge in [0.25, 0.3) is 11.8 Å². The van der Waals surface area contributed by atoms with Gasteiger partial charge in [0.2, 0.25) is 0 Å². The van der Waals surface area contributed by atoms with Crippen molar-refractivity contribution in [1.29, 1.82) is 0 Å². The lowest BCUT2D eigenvalue weighted by molar-refractivity contribution is 0.101. The van der Waals surface area contributed by atoms with Crippen LogP contribution >= 0.6 is 0 Å². The van der Waals surface area contributed by atoms with Crippen molar-refractivity contribution in [2.75, 3.05) is 10.6 Å². The molecule has 0 aromatic heterocycles. The standard InChI is InChI=1S/C22H19FN2O2/c1-14-11-15(2)13-20(12-14)25-22(27)17-5-3-16(4-6-17)21(26)24-19-9-7-18(23)8-10-19/h3-13H,1-2H3,(H,24,26)(H,25,27). The van der Waals surface area contributed by atoms with Crippen LogP contribution in [0.25, 0.3) is 0 Å². The van der Waals surface area contributed by atoms with E-state index in [1.807, 2.05) is 32.0 Å². The van der Waals surface area contributed by atoms with E-state index in [1.165, 1.54) is 24.3 Å². The molecule has 0 saturated carbocycles. The molecule has 0 bridgehead atoms. The summed E-state index contributed by atoms with van der Waals surface area (Å²) in [6.45, 7) is 3.94. The van der Waals surface area contributed by atoms with E-state index in [2.05, 4.69) is 10.6 Å². The maximum absolute atomic E-state index is 12.9. The Morgan fingerprint density at radius 3 is 1.59 bits per heavy atom. The van der Waals surface area contributed by atoms with Gasteiger partial charge in [-0.2, -0.15) is 0 Å². The second-order valence-electron chi connectivity index (χ2n) is 6.37. The first-order valence-electron chi connectivity index (χ1n) is 8.47. The third-order valence-electron chi connectivity index (χ3n) is 3.99. The number of anilines is 2. The third-order valence-corrected chi connectivity index (χ3v) is 3.99. The van der Waals surface area contributed by atoms with Gasteiger partial charge in [0.05, 0.1) is 0 Å². The summed E-state index contributed by atoms with van der Waals surface area (Å²) in [6.07, 6.45) is 0. The highest BCUT2D eigenvalue weighted by molar-refractivity contribution is 6.07. The maximum atomic E-state index is 12.9. The molecule has 0 heterocycles. The van der Waals surface area contributed by atoms with Gasteiger partial charge < -0.3 is 10.6 Å². The number of rotatable bonds is 4. The van der Waals surface area contributed by atoms with Gasteiger partial charge in [-0.1, -0.05) is 6.07 Å². The minimum Gasteiger partial charge on any atom is -0.322 e. The van der Waals surface area contributed by atoms with Crippen LogP contribution in [0.4, 0.5) is 15.8 Å². The van der Waals surface area contributed by atoms with Crippen LogP contribution in [-0.4, -0.2) is 11.8 Å². The molecule has 2 amide bonds. The Morgan fingerprint density at radius 2 is 1.11 bits per heavy atom. The molecule has 3 aromatic carbocycles. The minimum absolute atomic E-state index is 0.245. The SMILES string of the molecule is Cc1cc(C)cc(NC(=O)c2ccc(C(=O)Nc3ccc(F)cc3)cc2)c1. The number of halogens is 1. The number of amides is 2. The van der Waals surface area contributed by atoms with Gasteiger partial charge in [-0.15, -0.1) is 0 Å². The summed E-state index contributed by atoms with van der Waals surface area (Å²) in [5.41, 5.74) is 4.22. The fourth-order valence-electron chi connectivity index (χ4n) is 2.76. The van der Waals surface area contributed by atoms with Crippen molar-refractivity contribution < 1.29 is 14.0 Å². The molecule has 0 unspecified atom stereocenters. The van der Waals surface area contributed by atoms with Gasteiger partial charge in [-0.05, 0) is 85.6 Å². The first kappa shape index (κ1) is 18.3. The maximum Gasteiger partial charge on any atom is 0.255 e. The van der Waals surface area contributed by atoms with Crippen LogP contribution < -0.4 is 10.6 Å². The topological polar surface area (TPSA) is 58.2 Å². The lowest BCUT2D eigenvalue weighted by atomic mass is 10.1. The summed E-state index contributed by atoms with van der Waals surface area (Å²) >= 11 is 0. The summed E-state index contributed by atoms with van der Waals surface area (Å²) in [7, 11) is 0. The van der Waals surface area contributed by atoms with Gasteiger partial charge in [0.1, 0.15) is 5.82 Å². The van der Waals surface area contributed by atoms with Gasteiger partial charge in [-0.3, -0.25) is 9.59 Å². The van der Waals surface area contributed by atoms with Crippen molar-refractivity contribution in [2.45, 2.75) is 13.8 Å². The lowest BCUT2D eigenvalue weighted by Crippen LogP contribution is -2.14. The fraction of sp³-hybridized carbons (Fsp3) is 0.0909. The Balaban J connectivity index is 1.67. The predicted molar refractivity (Wildman–Crippen MR) is 105 cm³/mol. The highest BCUT2D eigenvalue weighted by Crippen LogP contribution is 2.16. The zero-order valence-corrected chi connectivity index (χ0v) is 15.0. The van der Waals surface area contributed by atoms with E-state index >= 15 is 0 Å². The molecule has 0 aliphatic rings. The van der Waals surface area contributed by atoms with Crippen LogP contribution in [0, 0.1) is 19.7 Å². The van der Waals surface area contributed by atoms with Crippen molar-refractivity contribution in [3.8, 4) is 0 Å². The third kappa shape index (κ3) is 4.79. The second kappa shape index (κ2) is 7.83. The summed E-state index contributed by atoms with van der Waals surface area (Å²) < 4.78 is 12.9.